The molecule has 0 saturated carbocycles. The number of amides is 1. The van der Waals surface area contributed by atoms with Gasteiger partial charge in [0.1, 0.15) is 6.61 Å². The number of benzene rings is 2. The van der Waals surface area contributed by atoms with Crippen molar-refractivity contribution in [2.45, 2.75) is 6.61 Å². The van der Waals surface area contributed by atoms with E-state index in [0.717, 1.165) is 5.56 Å². The summed E-state index contributed by atoms with van der Waals surface area (Å²) in [6, 6.07) is 9.92. The molecule has 1 amide bonds. The number of ether oxygens (including phenoxy) is 1. The minimum atomic E-state index is -0.641. The molecule has 2 aromatic carbocycles. The van der Waals surface area contributed by atoms with E-state index in [1.807, 2.05) is 12.1 Å². The van der Waals surface area contributed by atoms with Gasteiger partial charge in [-0.05, 0) is 29.8 Å². The second-order valence-electron chi connectivity index (χ2n) is 4.53. The Balaban J connectivity index is 0.00000288. The lowest BCUT2D eigenvalue weighted by Gasteiger charge is -2.11. The van der Waals surface area contributed by atoms with Crippen molar-refractivity contribution < 1.29 is 9.53 Å². The van der Waals surface area contributed by atoms with Gasteiger partial charge in [0.05, 0.1) is 10.0 Å². The zero-order chi connectivity index (χ0) is 17.0. The molecule has 2 rings (SSSR count). The lowest BCUT2D eigenvalue weighted by atomic mass is 10.2. The number of aliphatic imine (C=N–C) groups is 1. The van der Waals surface area contributed by atoms with Crippen LogP contribution in [0.5, 0.6) is 5.75 Å². The summed E-state index contributed by atoms with van der Waals surface area (Å²) in [7, 11) is 0. The highest BCUT2D eigenvalue weighted by Crippen LogP contribution is 2.35. The Morgan fingerprint density at radius 2 is 1.58 bits per heavy atom. The third-order valence-corrected chi connectivity index (χ3v) is 3.59. The number of halogens is 4. The van der Waals surface area contributed by atoms with Crippen LogP contribution in [0.15, 0.2) is 41.4 Å². The maximum absolute atomic E-state index is 11.8. The van der Waals surface area contributed by atoms with Crippen molar-refractivity contribution in [3.05, 3.63) is 62.6 Å². The van der Waals surface area contributed by atoms with Gasteiger partial charge >= 0.3 is 0 Å². The Morgan fingerprint density at radius 1 is 1.04 bits per heavy atom. The molecule has 0 radical (unpaired) electrons. The van der Waals surface area contributed by atoms with Crippen molar-refractivity contribution in [1.29, 1.82) is 0 Å². The summed E-state index contributed by atoms with van der Waals surface area (Å²) in [6.07, 6.45) is 0. The average Bonchev–Trinajstić information content (AvgIpc) is 2.47. The minimum Gasteiger partial charge on any atom is -0.486 e. The first-order chi connectivity index (χ1) is 10.9. The highest BCUT2D eigenvalue weighted by Gasteiger charge is 2.14. The molecule has 0 aliphatic rings. The second-order valence-corrected chi connectivity index (χ2v) is 5.78. The molecule has 0 aliphatic carbocycles. The Morgan fingerprint density at radius 3 is 2.08 bits per heavy atom. The minimum absolute atomic E-state index is 0. The number of rotatable bonds is 4. The number of nitrogens with zero attached hydrogens (tertiary/aromatic N) is 1. The van der Waals surface area contributed by atoms with Crippen molar-refractivity contribution in [3.8, 4) is 5.75 Å². The van der Waals surface area contributed by atoms with Gasteiger partial charge in [0.25, 0.3) is 5.91 Å². The van der Waals surface area contributed by atoms with Gasteiger partial charge in [0, 0.05) is 10.6 Å². The van der Waals surface area contributed by atoms with Gasteiger partial charge < -0.3 is 16.2 Å². The topological polar surface area (TPSA) is 90.7 Å². The fourth-order valence-electron chi connectivity index (χ4n) is 1.74. The third kappa shape index (κ3) is 5.46. The summed E-state index contributed by atoms with van der Waals surface area (Å²) in [5, 5.41) is 0.994. The molecule has 0 unspecified atom stereocenters. The van der Waals surface area contributed by atoms with E-state index in [1.54, 1.807) is 12.1 Å². The molecule has 9 heteroatoms. The van der Waals surface area contributed by atoms with Crippen molar-refractivity contribution >= 4 is 59.1 Å². The maximum atomic E-state index is 11.8. The van der Waals surface area contributed by atoms with Crippen LogP contribution in [0.1, 0.15) is 15.9 Å². The van der Waals surface area contributed by atoms with Gasteiger partial charge in [0.15, 0.2) is 11.7 Å². The van der Waals surface area contributed by atoms with E-state index in [-0.39, 0.29) is 46.3 Å². The van der Waals surface area contributed by atoms with Crippen LogP contribution in [0.4, 0.5) is 0 Å². The van der Waals surface area contributed by atoms with Gasteiger partial charge in [0.2, 0.25) is 0 Å². The van der Waals surface area contributed by atoms with Crippen molar-refractivity contribution in [1.82, 2.24) is 0 Å². The molecule has 0 spiro atoms. The Kier molecular flexibility index (Phi) is 7.63. The standard InChI is InChI=1S/C15H12Cl3N3O2.ClH/c16-10-3-1-8(2-4-10)7-23-13-11(17)5-9(6-12(13)18)14(22)21-15(19)20;/h1-6H,7H2,(H4,19,20,21,22);1H. The van der Waals surface area contributed by atoms with Crippen LogP contribution in [0.25, 0.3) is 0 Å². The van der Waals surface area contributed by atoms with Crippen LogP contribution >= 0.6 is 47.2 Å². The first-order valence-electron chi connectivity index (χ1n) is 6.37. The molecule has 0 fully saturated rings. The first kappa shape index (κ1) is 20.4. The molecule has 128 valence electrons. The Hall–Kier alpha value is -1.66. The van der Waals surface area contributed by atoms with Gasteiger partial charge in [-0.15, -0.1) is 12.4 Å². The number of carbonyl (C=O) groups excluding carboxylic acids is 1. The van der Waals surface area contributed by atoms with E-state index < -0.39 is 5.91 Å². The normalized spacial score (nSPS) is 9.79. The lowest BCUT2D eigenvalue weighted by molar-refractivity contribution is 0.100. The molecule has 2 aromatic rings. The summed E-state index contributed by atoms with van der Waals surface area (Å²) in [4.78, 5) is 15.2. The highest BCUT2D eigenvalue weighted by molar-refractivity contribution is 6.37. The number of nitrogens with two attached hydrogens (primary N) is 2. The highest BCUT2D eigenvalue weighted by atomic mass is 35.5. The average molecular weight is 409 g/mol. The molecule has 24 heavy (non-hydrogen) atoms. The van der Waals surface area contributed by atoms with Gasteiger partial charge in [-0.2, -0.15) is 4.99 Å². The first-order valence-corrected chi connectivity index (χ1v) is 7.50. The summed E-state index contributed by atoms with van der Waals surface area (Å²) < 4.78 is 5.61. The predicted octanol–water partition coefficient (Wildman–Crippen LogP) is 4.06. The smallest absolute Gasteiger partial charge is 0.280 e. The number of carbonyl (C=O) groups is 1. The molecule has 4 N–H and O–H groups in total. The number of guanidine groups is 1. The summed E-state index contributed by atoms with van der Waals surface area (Å²) in [5.74, 6) is -0.715. The van der Waals surface area contributed by atoms with Crippen LogP contribution in [0.2, 0.25) is 15.1 Å². The van der Waals surface area contributed by atoms with E-state index in [1.165, 1.54) is 12.1 Å². The van der Waals surface area contributed by atoms with E-state index in [2.05, 4.69) is 4.99 Å². The molecular formula is C15H13Cl4N3O2. The van der Waals surface area contributed by atoms with Crippen LogP contribution in [0.3, 0.4) is 0 Å². The van der Waals surface area contributed by atoms with Crippen LogP contribution < -0.4 is 16.2 Å². The maximum Gasteiger partial charge on any atom is 0.280 e. The fourth-order valence-corrected chi connectivity index (χ4v) is 2.46. The number of hydrogen-bond acceptors (Lipinski definition) is 2. The summed E-state index contributed by atoms with van der Waals surface area (Å²) >= 11 is 18.0. The number of hydrogen-bond donors (Lipinski definition) is 2. The SMILES string of the molecule is Cl.NC(N)=NC(=O)c1cc(Cl)c(OCc2ccc(Cl)cc2)c(Cl)c1. The van der Waals surface area contributed by atoms with E-state index >= 15 is 0 Å². The Bertz CT molecular complexity index is 737. The van der Waals surface area contributed by atoms with E-state index in [9.17, 15) is 4.79 Å². The second kappa shape index (κ2) is 8.99. The molecule has 5 nitrogen and oxygen atoms in total. The molecule has 0 heterocycles. The van der Waals surface area contributed by atoms with Gasteiger partial charge in [-0.25, -0.2) is 0 Å². The van der Waals surface area contributed by atoms with Crippen molar-refractivity contribution in [2.75, 3.05) is 0 Å². The fraction of sp³-hybridized carbons (Fsp3) is 0.0667. The largest absolute Gasteiger partial charge is 0.486 e. The summed E-state index contributed by atoms with van der Waals surface area (Å²) in [5.41, 5.74) is 11.4. The quantitative estimate of drug-likeness (QED) is 0.589. The van der Waals surface area contributed by atoms with Crippen molar-refractivity contribution in [2.24, 2.45) is 16.5 Å². The van der Waals surface area contributed by atoms with Crippen LogP contribution in [-0.4, -0.2) is 11.9 Å². The van der Waals surface area contributed by atoms with E-state index in [0.29, 0.717) is 5.02 Å². The molecule has 0 atom stereocenters. The van der Waals surface area contributed by atoms with Crippen molar-refractivity contribution in [3.63, 3.8) is 0 Å². The Labute approximate surface area is 159 Å². The molecule has 0 saturated heterocycles. The zero-order valence-corrected chi connectivity index (χ0v) is 15.2. The lowest BCUT2D eigenvalue weighted by Crippen LogP contribution is -2.24. The van der Waals surface area contributed by atoms with E-state index in [4.69, 9.17) is 51.0 Å². The molecule has 0 aliphatic heterocycles. The molecule has 0 bridgehead atoms. The van der Waals surface area contributed by atoms with Crippen LogP contribution in [0, 0.1) is 0 Å². The monoisotopic (exact) mass is 407 g/mol. The van der Waals surface area contributed by atoms with Gasteiger partial charge in [-0.1, -0.05) is 46.9 Å². The predicted molar refractivity (Wildman–Crippen MR) is 99.6 cm³/mol. The third-order valence-electron chi connectivity index (χ3n) is 2.77. The zero-order valence-electron chi connectivity index (χ0n) is 12.1. The van der Waals surface area contributed by atoms with Crippen LogP contribution in [-0.2, 0) is 6.61 Å². The summed E-state index contributed by atoms with van der Waals surface area (Å²) in [6.45, 7) is 0.248. The molecular weight excluding hydrogens is 396 g/mol. The van der Waals surface area contributed by atoms with Gasteiger partial charge in [-0.3, -0.25) is 4.79 Å². The molecule has 0 aromatic heterocycles.